The van der Waals surface area contributed by atoms with Crippen molar-refractivity contribution in [1.29, 1.82) is 0 Å². The number of ether oxygens (including phenoxy) is 2. The summed E-state index contributed by atoms with van der Waals surface area (Å²) in [6.45, 7) is 1.48. The number of nitrogens with zero attached hydrogens (tertiary/aromatic N) is 1. The molecule has 1 saturated heterocycles. The third-order valence-electron chi connectivity index (χ3n) is 5.90. The molecular formula is C25H30FN3O5. The van der Waals surface area contributed by atoms with Crippen molar-refractivity contribution in [2.24, 2.45) is 5.92 Å². The van der Waals surface area contributed by atoms with E-state index in [9.17, 15) is 18.8 Å². The second-order valence-electron chi connectivity index (χ2n) is 8.10. The lowest BCUT2D eigenvalue weighted by Gasteiger charge is -2.36. The van der Waals surface area contributed by atoms with E-state index in [4.69, 9.17) is 9.47 Å². The van der Waals surface area contributed by atoms with Gasteiger partial charge in [0.25, 0.3) is 11.8 Å². The molecule has 3 rings (SSSR count). The van der Waals surface area contributed by atoms with Gasteiger partial charge in [-0.05, 0) is 61.2 Å². The minimum atomic E-state index is -0.766. The molecule has 0 radical (unpaired) electrons. The lowest BCUT2D eigenvalue weighted by atomic mass is 9.88. The molecule has 34 heavy (non-hydrogen) atoms. The van der Waals surface area contributed by atoms with Gasteiger partial charge in [-0.2, -0.15) is 0 Å². The largest absolute Gasteiger partial charge is 0.497 e. The van der Waals surface area contributed by atoms with Crippen LogP contribution in [0.15, 0.2) is 48.5 Å². The average Bonchev–Trinajstić information content (AvgIpc) is 2.87. The van der Waals surface area contributed by atoms with Crippen molar-refractivity contribution >= 4 is 17.7 Å². The van der Waals surface area contributed by atoms with Crippen LogP contribution in [0.1, 0.15) is 33.6 Å². The number of halogens is 1. The van der Waals surface area contributed by atoms with Gasteiger partial charge in [-0.25, -0.2) is 4.39 Å². The van der Waals surface area contributed by atoms with E-state index in [2.05, 4.69) is 10.6 Å². The summed E-state index contributed by atoms with van der Waals surface area (Å²) in [6, 6.07) is 11.5. The Morgan fingerprint density at radius 2 is 1.76 bits per heavy atom. The monoisotopic (exact) mass is 471 g/mol. The summed E-state index contributed by atoms with van der Waals surface area (Å²) in [5, 5.41) is 5.67. The van der Waals surface area contributed by atoms with Crippen LogP contribution in [-0.4, -0.2) is 69.1 Å². The molecule has 0 spiro atoms. The summed E-state index contributed by atoms with van der Waals surface area (Å²) in [5.74, 6) is -0.917. The Kier molecular flexibility index (Phi) is 8.98. The summed E-state index contributed by atoms with van der Waals surface area (Å²) >= 11 is 0. The second-order valence-corrected chi connectivity index (χ2v) is 8.10. The van der Waals surface area contributed by atoms with Crippen molar-refractivity contribution in [3.63, 3.8) is 0 Å². The first-order valence-electron chi connectivity index (χ1n) is 11.2. The first-order valence-corrected chi connectivity index (χ1v) is 11.2. The highest BCUT2D eigenvalue weighted by atomic mass is 19.1. The SMILES string of the molecule is COCCNC(=O)[C@H](NC(=O)c1ccc(OC)cc1)C1CCN(C(=O)c2cccc(F)c2)CC1. The van der Waals surface area contributed by atoms with E-state index in [-0.39, 0.29) is 23.6 Å². The van der Waals surface area contributed by atoms with Crippen LogP contribution in [0.4, 0.5) is 4.39 Å². The van der Waals surface area contributed by atoms with Gasteiger partial charge in [-0.15, -0.1) is 0 Å². The molecule has 1 atom stereocenters. The number of rotatable bonds is 9. The molecule has 0 aromatic heterocycles. The van der Waals surface area contributed by atoms with E-state index < -0.39 is 11.9 Å². The first kappa shape index (κ1) is 25.2. The third-order valence-corrected chi connectivity index (χ3v) is 5.90. The highest BCUT2D eigenvalue weighted by Crippen LogP contribution is 2.23. The number of amides is 3. The Hall–Kier alpha value is -3.46. The molecule has 0 unspecified atom stereocenters. The number of hydrogen-bond donors (Lipinski definition) is 2. The maximum atomic E-state index is 13.5. The fourth-order valence-electron chi connectivity index (χ4n) is 3.99. The molecule has 2 aromatic rings. The van der Waals surface area contributed by atoms with Crippen LogP contribution in [0.3, 0.4) is 0 Å². The van der Waals surface area contributed by atoms with Crippen LogP contribution in [-0.2, 0) is 9.53 Å². The van der Waals surface area contributed by atoms with Gasteiger partial charge in [0.1, 0.15) is 17.6 Å². The first-order chi connectivity index (χ1) is 16.4. The van der Waals surface area contributed by atoms with Crippen LogP contribution < -0.4 is 15.4 Å². The Balaban J connectivity index is 1.67. The third kappa shape index (κ3) is 6.54. The lowest BCUT2D eigenvalue weighted by molar-refractivity contribution is -0.124. The van der Waals surface area contributed by atoms with Gasteiger partial charge in [0, 0.05) is 37.9 Å². The summed E-state index contributed by atoms with van der Waals surface area (Å²) in [5.41, 5.74) is 0.703. The van der Waals surface area contributed by atoms with Gasteiger partial charge in [-0.3, -0.25) is 14.4 Å². The molecule has 3 amide bonds. The molecule has 9 heteroatoms. The highest BCUT2D eigenvalue weighted by molar-refractivity contribution is 5.98. The topological polar surface area (TPSA) is 97.0 Å². The second kappa shape index (κ2) is 12.1. The number of hydrogen-bond acceptors (Lipinski definition) is 5. The van der Waals surface area contributed by atoms with Gasteiger partial charge < -0.3 is 25.0 Å². The highest BCUT2D eigenvalue weighted by Gasteiger charge is 2.34. The molecule has 0 bridgehead atoms. The molecule has 2 aromatic carbocycles. The molecule has 0 saturated carbocycles. The van der Waals surface area contributed by atoms with E-state index >= 15 is 0 Å². The molecule has 1 aliphatic heterocycles. The number of methoxy groups -OCH3 is 2. The molecule has 2 N–H and O–H groups in total. The predicted octanol–water partition coefficient (Wildman–Crippen LogP) is 2.25. The van der Waals surface area contributed by atoms with E-state index in [1.807, 2.05) is 0 Å². The van der Waals surface area contributed by atoms with Crippen molar-refractivity contribution in [1.82, 2.24) is 15.5 Å². The van der Waals surface area contributed by atoms with Crippen LogP contribution in [0.2, 0.25) is 0 Å². The van der Waals surface area contributed by atoms with E-state index in [0.29, 0.717) is 56.0 Å². The zero-order chi connectivity index (χ0) is 24.5. The normalized spacial score (nSPS) is 14.9. The summed E-state index contributed by atoms with van der Waals surface area (Å²) in [4.78, 5) is 40.2. The quantitative estimate of drug-likeness (QED) is 0.547. The molecule has 8 nitrogen and oxygen atoms in total. The van der Waals surface area contributed by atoms with Gasteiger partial charge in [0.15, 0.2) is 0 Å². The van der Waals surface area contributed by atoms with Crippen molar-refractivity contribution < 1.29 is 28.2 Å². The van der Waals surface area contributed by atoms with Crippen molar-refractivity contribution in [3.8, 4) is 5.75 Å². The standard InChI is InChI=1S/C25H30FN3O5/c1-33-15-12-27-24(31)22(28-23(30)18-6-8-21(34-2)9-7-18)17-10-13-29(14-11-17)25(32)19-4-3-5-20(26)16-19/h3-9,16-17,22H,10-15H2,1-2H3,(H,27,31)(H,28,30)/t22-/m1/s1. The van der Waals surface area contributed by atoms with E-state index in [1.54, 1.807) is 49.5 Å². The number of piperidine rings is 1. The molecule has 1 aliphatic rings. The summed E-state index contributed by atoms with van der Waals surface area (Å²) in [7, 11) is 3.08. The predicted molar refractivity (Wildman–Crippen MR) is 124 cm³/mol. The fourth-order valence-corrected chi connectivity index (χ4v) is 3.99. The lowest BCUT2D eigenvalue weighted by Crippen LogP contribution is -2.54. The van der Waals surface area contributed by atoms with Crippen molar-refractivity contribution in [2.45, 2.75) is 18.9 Å². The zero-order valence-corrected chi connectivity index (χ0v) is 19.4. The molecular weight excluding hydrogens is 441 g/mol. The van der Waals surface area contributed by atoms with Crippen LogP contribution in [0.5, 0.6) is 5.75 Å². The maximum absolute atomic E-state index is 13.5. The van der Waals surface area contributed by atoms with Crippen molar-refractivity contribution in [2.75, 3.05) is 40.5 Å². The minimum Gasteiger partial charge on any atom is -0.497 e. The zero-order valence-electron chi connectivity index (χ0n) is 19.4. The smallest absolute Gasteiger partial charge is 0.253 e. The van der Waals surface area contributed by atoms with Gasteiger partial charge in [0.2, 0.25) is 5.91 Å². The fraction of sp³-hybridized carbons (Fsp3) is 0.400. The Morgan fingerprint density at radius 1 is 1.06 bits per heavy atom. The Bertz CT molecular complexity index is 990. The van der Waals surface area contributed by atoms with Gasteiger partial charge >= 0.3 is 0 Å². The number of carbonyl (C=O) groups is 3. The molecule has 1 heterocycles. The summed E-state index contributed by atoms with van der Waals surface area (Å²) in [6.07, 6.45) is 1.04. The van der Waals surface area contributed by atoms with E-state index in [1.165, 1.54) is 18.2 Å². The minimum absolute atomic E-state index is 0.165. The van der Waals surface area contributed by atoms with E-state index in [0.717, 1.165) is 0 Å². The average molecular weight is 472 g/mol. The number of likely N-dealkylation sites (tertiary alicyclic amines) is 1. The van der Waals surface area contributed by atoms with Crippen molar-refractivity contribution in [3.05, 3.63) is 65.5 Å². The van der Waals surface area contributed by atoms with Crippen LogP contribution in [0, 0.1) is 11.7 Å². The van der Waals surface area contributed by atoms with Crippen LogP contribution in [0.25, 0.3) is 0 Å². The molecule has 1 fully saturated rings. The number of nitrogens with one attached hydrogen (secondary N) is 2. The van der Waals surface area contributed by atoms with Gasteiger partial charge in [-0.1, -0.05) is 6.07 Å². The van der Waals surface area contributed by atoms with Crippen LogP contribution >= 0.6 is 0 Å². The van der Waals surface area contributed by atoms with Gasteiger partial charge in [0.05, 0.1) is 13.7 Å². The Morgan fingerprint density at radius 3 is 2.38 bits per heavy atom. The maximum Gasteiger partial charge on any atom is 0.253 e. The molecule has 182 valence electrons. The number of carbonyl (C=O) groups excluding carboxylic acids is 3. The Labute approximate surface area is 198 Å². The number of benzene rings is 2. The summed E-state index contributed by atoms with van der Waals surface area (Å²) < 4.78 is 23.6. The molecule has 0 aliphatic carbocycles.